The van der Waals surface area contributed by atoms with Gasteiger partial charge in [0.1, 0.15) is 6.10 Å². The van der Waals surface area contributed by atoms with Crippen molar-refractivity contribution in [3.8, 4) is 0 Å². The third-order valence-electron chi connectivity index (χ3n) is 5.37. The Morgan fingerprint density at radius 3 is 1.40 bits per heavy atom. The van der Waals surface area contributed by atoms with Crippen LogP contribution in [0.1, 0.15) is 110 Å². The van der Waals surface area contributed by atoms with Crippen molar-refractivity contribution in [1.29, 1.82) is 0 Å². The molecular weight excluding hydrogens is 312 g/mol. The molecule has 3 heteroatoms. The molecule has 3 nitrogen and oxygen atoms in total. The Hall–Kier alpha value is -0.120. The summed E-state index contributed by atoms with van der Waals surface area (Å²) in [4.78, 5) is 0. The molecule has 0 aromatic rings. The van der Waals surface area contributed by atoms with Crippen molar-refractivity contribution < 1.29 is 14.6 Å². The summed E-state index contributed by atoms with van der Waals surface area (Å²) >= 11 is 0. The molecule has 0 radical (unpaired) electrons. The topological polar surface area (TPSA) is 38.7 Å². The van der Waals surface area contributed by atoms with E-state index in [4.69, 9.17) is 14.6 Å². The first-order valence-electron chi connectivity index (χ1n) is 11.2. The average molecular weight is 357 g/mol. The molecule has 1 saturated heterocycles. The highest BCUT2D eigenvalue weighted by atomic mass is 16.6. The Bertz CT molecular complexity index is 262. The van der Waals surface area contributed by atoms with E-state index in [9.17, 15) is 0 Å². The van der Waals surface area contributed by atoms with Crippen molar-refractivity contribution in [2.75, 3.05) is 19.8 Å². The van der Waals surface area contributed by atoms with Gasteiger partial charge in [-0.1, -0.05) is 103 Å². The van der Waals surface area contributed by atoms with E-state index < -0.39 is 0 Å². The maximum Gasteiger partial charge on any atom is 0.104 e. The first-order chi connectivity index (χ1) is 12.4. The van der Waals surface area contributed by atoms with Crippen molar-refractivity contribution >= 4 is 0 Å². The second kappa shape index (κ2) is 17.3. The zero-order chi connectivity index (χ0) is 18.0. The zero-order valence-electron chi connectivity index (χ0n) is 16.9. The summed E-state index contributed by atoms with van der Waals surface area (Å²) in [5.74, 6) is 0. The second-order valence-electron chi connectivity index (χ2n) is 7.83. The maximum absolute atomic E-state index is 8.99. The van der Waals surface area contributed by atoms with Gasteiger partial charge in [-0.25, -0.2) is 0 Å². The molecule has 1 fully saturated rings. The predicted molar refractivity (Wildman–Crippen MR) is 106 cm³/mol. The Morgan fingerprint density at radius 1 is 0.600 bits per heavy atom. The van der Waals surface area contributed by atoms with Gasteiger partial charge in [0.15, 0.2) is 0 Å². The number of aliphatic hydroxyl groups is 1. The number of rotatable bonds is 17. The molecule has 1 aliphatic rings. The smallest absolute Gasteiger partial charge is 0.104 e. The van der Waals surface area contributed by atoms with Crippen molar-refractivity contribution in [2.45, 2.75) is 122 Å². The third-order valence-corrected chi connectivity index (χ3v) is 5.37. The molecule has 150 valence electrons. The SMILES string of the molecule is CCCCCCCCCCCCCCCCC[C@@H]1CO[C@@H](CO)CO1. The summed E-state index contributed by atoms with van der Waals surface area (Å²) in [6.07, 6.45) is 22.3. The lowest BCUT2D eigenvalue weighted by Gasteiger charge is -2.28. The zero-order valence-corrected chi connectivity index (χ0v) is 16.9. The number of hydrogen-bond donors (Lipinski definition) is 1. The van der Waals surface area contributed by atoms with E-state index in [-0.39, 0.29) is 18.8 Å². The monoisotopic (exact) mass is 356 g/mol. The minimum absolute atomic E-state index is 0.0751. The molecule has 0 aliphatic carbocycles. The molecule has 0 aromatic heterocycles. The van der Waals surface area contributed by atoms with Crippen LogP contribution in [0.5, 0.6) is 0 Å². The van der Waals surface area contributed by atoms with Gasteiger partial charge in [0, 0.05) is 0 Å². The van der Waals surface area contributed by atoms with Crippen LogP contribution in [0, 0.1) is 0 Å². The Morgan fingerprint density at radius 2 is 1.00 bits per heavy atom. The van der Waals surface area contributed by atoms with Crippen molar-refractivity contribution in [3.05, 3.63) is 0 Å². The fraction of sp³-hybridized carbons (Fsp3) is 1.00. The highest BCUT2D eigenvalue weighted by molar-refractivity contribution is 4.67. The average Bonchev–Trinajstić information content (AvgIpc) is 2.65. The van der Waals surface area contributed by atoms with E-state index in [1.807, 2.05) is 0 Å². The van der Waals surface area contributed by atoms with Crippen molar-refractivity contribution in [1.82, 2.24) is 0 Å². The van der Waals surface area contributed by atoms with Gasteiger partial charge < -0.3 is 14.6 Å². The number of unbranched alkanes of at least 4 members (excludes halogenated alkanes) is 14. The quantitative estimate of drug-likeness (QED) is 0.324. The standard InChI is InChI=1S/C22H44O3/c1-2-3-4-5-6-7-8-9-10-11-12-13-14-15-16-17-21-19-25-22(18-23)20-24-21/h21-23H,2-20H2,1H3/t21-,22+/m1/s1. The van der Waals surface area contributed by atoms with E-state index in [1.165, 1.54) is 96.3 Å². The molecule has 25 heavy (non-hydrogen) atoms. The highest BCUT2D eigenvalue weighted by Gasteiger charge is 2.20. The lowest BCUT2D eigenvalue weighted by molar-refractivity contribution is -0.146. The largest absolute Gasteiger partial charge is 0.394 e. The molecule has 0 amide bonds. The minimum Gasteiger partial charge on any atom is -0.394 e. The summed E-state index contributed by atoms with van der Waals surface area (Å²) < 4.78 is 11.3. The van der Waals surface area contributed by atoms with Gasteiger partial charge >= 0.3 is 0 Å². The molecule has 2 atom stereocenters. The fourth-order valence-electron chi connectivity index (χ4n) is 3.60. The van der Waals surface area contributed by atoms with Gasteiger partial charge in [-0.3, -0.25) is 0 Å². The summed E-state index contributed by atoms with van der Waals surface area (Å²) in [6, 6.07) is 0. The Labute approximate surface area is 156 Å². The lowest BCUT2D eigenvalue weighted by atomic mass is 10.0. The summed E-state index contributed by atoms with van der Waals surface area (Å²) in [6.45, 7) is 3.57. The van der Waals surface area contributed by atoms with Crippen molar-refractivity contribution in [3.63, 3.8) is 0 Å². The van der Waals surface area contributed by atoms with Crippen LogP contribution in [0.3, 0.4) is 0 Å². The van der Waals surface area contributed by atoms with E-state index in [2.05, 4.69) is 6.92 Å². The Kier molecular flexibility index (Phi) is 15.9. The molecule has 1 heterocycles. The van der Waals surface area contributed by atoms with Gasteiger partial charge in [-0.2, -0.15) is 0 Å². The van der Waals surface area contributed by atoms with Crippen LogP contribution in [0.2, 0.25) is 0 Å². The predicted octanol–water partition coefficient (Wildman–Crippen LogP) is 6.02. The number of ether oxygens (including phenoxy) is 2. The molecule has 0 spiro atoms. The molecule has 0 aromatic carbocycles. The van der Waals surface area contributed by atoms with Crippen LogP contribution in [-0.4, -0.2) is 37.1 Å². The summed E-state index contributed by atoms with van der Waals surface area (Å²) in [5.41, 5.74) is 0. The first kappa shape index (κ1) is 22.9. The van der Waals surface area contributed by atoms with Gasteiger partial charge in [-0.05, 0) is 6.42 Å². The summed E-state index contributed by atoms with van der Waals surface area (Å²) in [5, 5.41) is 8.99. The van der Waals surface area contributed by atoms with Gasteiger partial charge in [0.05, 0.1) is 25.9 Å². The van der Waals surface area contributed by atoms with Crippen molar-refractivity contribution in [2.24, 2.45) is 0 Å². The second-order valence-corrected chi connectivity index (χ2v) is 7.83. The van der Waals surface area contributed by atoms with Crippen LogP contribution in [0.4, 0.5) is 0 Å². The molecule has 0 saturated carbocycles. The molecule has 0 bridgehead atoms. The Balaban J connectivity index is 1.71. The molecule has 1 aliphatic heterocycles. The highest BCUT2D eigenvalue weighted by Crippen LogP contribution is 2.16. The minimum atomic E-state index is -0.0997. The first-order valence-corrected chi connectivity index (χ1v) is 11.2. The lowest BCUT2D eigenvalue weighted by Crippen LogP contribution is -2.37. The van der Waals surface area contributed by atoms with Crippen LogP contribution in [0.25, 0.3) is 0 Å². The molecule has 1 N–H and O–H groups in total. The number of aliphatic hydroxyl groups excluding tert-OH is 1. The van der Waals surface area contributed by atoms with Crippen LogP contribution < -0.4 is 0 Å². The fourth-order valence-corrected chi connectivity index (χ4v) is 3.60. The molecular formula is C22H44O3. The van der Waals surface area contributed by atoms with E-state index in [0.717, 1.165) is 6.42 Å². The third kappa shape index (κ3) is 13.7. The summed E-state index contributed by atoms with van der Waals surface area (Å²) in [7, 11) is 0. The van der Waals surface area contributed by atoms with E-state index in [1.54, 1.807) is 0 Å². The normalized spacial score (nSPS) is 20.9. The van der Waals surface area contributed by atoms with Crippen LogP contribution in [0.15, 0.2) is 0 Å². The molecule has 0 unspecified atom stereocenters. The van der Waals surface area contributed by atoms with Crippen LogP contribution >= 0.6 is 0 Å². The van der Waals surface area contributed by atoms with E-state index >= 15 is 0 Å². The van der Waals surface area contributed by atoms with Crippen LogP contribution in [-0.2, 0) is 9.47 Å². The molecule has 1 rings (SSSR count). The number of hydrogen-bond acceptors (Lipinski definition) is 3. The van der Waals surface area contributed by atoms with Gasteiger partial charge in [0.2, 0.25) is 0 Å². The maximum atomic E-state index is 8.99. The van der Waals surface area contributed by atoms with E-state index in [0.29, 0.717) is 13.2 Å². The van der Waals surface area contributed by atoms with Gasteiger partial charge in [0.25, 0.3) is 0 Å². The van der Waals surface area contributed by atoms with Gasteiger partial charge in [-0.15, -0.1) is 0 Å².